The number of aromatic nitrogens is 2. The van der Waals surface area contributed by atoms with Crippen LogP contribution in [0, 0.1) is 6.92 Å². The molecule has 1 aliphatic rings. The van der Waals surface area contributed by atoms with Crippen molar-refractivity contribution in [1.82, 2.24) is 9.78 Å². The highest BCUT2D eigenvalue weighted by Crippen LogP contribution is 2.24. The normalized spacial score (nSPS) is 20.2. The van der Waals surface area contributed by atoms with E-state index in [-0.39, 0.29) is 18.1 Å². The first kappa shape index (κ1) is 17.5. The molecule has 1 aliphatic carbocycles. The minimum atomic E-state index is -0.390. The van der Waals surface area contributed by atoms with E-state index in [0.29, 0.717) is 13.0 Å². The molecule has 134 valence electrons. The summed E-state index contributed by atoms with van der Waals surface area (Å²) >= 11 is 0. The van der Waals surface area contributed by atoms with E-state index in [4.69, 9.17) is 4.74 Å². The summed E-state index contributed by atoms with van der Waals surface area (Å²) in [6, 6.07) is 7.29. The van der Waals surface area contributed by atoms with Crippen molar-refractivity contribution in [3.05, 3.63) is 42.2 Å². The van der Waals surface area contributed by atoms with E-state index in [2.05, 4.69) is 10.4 Å². The Labute approximate surface area is 147 Å². The van der Waals surface area contributed by atoms with Crippen molar-refractivity contribution in [2.75, 3.05) is 5.32 Å². The number of carbonyl (C=O) groups excluding carboxylic acids is 1. The lowest BCUT2D eigenvalue weighted by Crippen LogP contribution is -2.34. The summed E-state index contributed by atoms with van der Waals surface area (Å²) in [7, 11) is 0. The smallest absolute Gasteiger partial charge is 0.226 e. The number of ether oxygens (including phenoxy) is 1. The van der Waals surface area contributed by atoms with Crippen molar-refractivity contribution >= 4 is 11.6 Å². The van der Waals surface area contributed by atoms with Crippen LogP contribution in [-0.4, -0.2) is 33.0 Å². The highest BCUT2D eigenvalue weighted by atomic mass is 16.5. The van der Waals surface area contributed by atoms with Crippen LogP contribution in [0.1, 0.15) is 37.7 Å². The summed E-state index contributed by atoms with van der Waals surface area (Å²) in [6.45, 7) is 2.53. The van der Waals surface area contributed by atoms with Crippen molar-refractivity contribution in [2.45, 2.75) is 57.8 Å². The van der Waals surface area contributed by atoms with Crippen LogP contribution in [0.2, 0.25) is 0 Å². The number of aryl methyl sites for hydroxylation is 2. The predicted octanol–water partition coefficient (Wildman–Crippen LogP) is 2.90. The molecule has 6 nitrogen and oxygen atoms in total. The van der Waals surface area contributed by atoms with Gasteiger partial charge in [-0.1, -0.05) is 6.42 Å². The molecule has 6 heteroatoms. The number of carbonyl (C=O) groups is 1. The van der Waals surface area contributed by atoms with Crippen LogP contribution in [0.15, 0.2) is 36.7 Å². The third-order valence-electron chi connectivity index (χ3n) is 4.42. The van der Waals surface area contributed by atoms with Crippen LogP contribution < -0.4 is 10.1 Å². The number of nitrogens with zero attached hydrogens (tertiary/aromatic N) is 2. The Hall–Kier alpha value is -2.34. The molecule has 0 unspecified atom stereocenters. The third-order valence-corrected chi connectivity index (χ3v) is 4.42. The molecule has 1 heterocycles. The van der Waals surface area contributed by atoms with E-state index in [1.54, 1.807) is 10.9 Å². The first-order valence-electron chi connectivity index (χ1n) is 8.84. The van der Waals surface area contributed by atoms with Crippen molar-refractivity contribution in [3.63, 3.8) is 0 Å². The van der Waals surface area contributed by atoms with E-state index in [9.17, 15) is 9.90 Å². The van der Waals surface area contributed by atoms with Crippen LogP contribution in [0.4, 0.5) is 5.69 Å². The Balaban J connectivity index is 1.47. The van der Waals surface area contributed by atoms with Gasteiger partial charge in [-0.25, -0.2) is 0 Å². The number of anilines is 1. The molecule has 1 fully saturated rings. The number of hydrogen-bond donors (Lipinski definition) is 2. The second-order valence-corrected chi connectivity index (χ2v) is 6.61. The number of rotatable bonds is 6. The topological polar surface area (TPSA) is 76.4 Å². The first-order valence-corrected chi connectivity index (χ1v) is 8.84. The fourth-order valence-electron chi connectivity index (χ4n) is 3.04. The zero-order chi connectivity index (χ0) is 17.6. The molecule has 0 aliphatic heterocycles. The van der Waals surface area contributed by atoms with Crippen LogP contribution in [0.3, 0.4) is 0 Å². The molecule has 1 aromatic carbocycles. The van der Waals surface area contributed by atoms with Crippen molar-refractivity contribution in [2.24, 2.45) is 0 Å². The SMILES string of the molecule is Cc1cnn(CCC(=O)Nc2ccc(O[C@@H]3CCCC[C@@H]3O)cc2)c1. The molecule has 3 rings (SSSR count). The zero-order valence-corrected chi connectivity index (χ0v) is 14.5. The number of benzene rings is 1. The maximum Gasteiger partial charge on any atom is 0.226 e. The molecule has 0 saturated heterocycles. The molecular weight excluding hydrogens is 318 g/mol. The Kier molecular flexibility index (Phi) is 5.71. The van der Waals surface area contributed by atoms with E-state index in [1.807, 2.05) is 37.4 Å². The number of nitrogens with one attached hydrogen (secondary N) is 1. The molecule has 2 N–H and O–H groups in total. The predicted molar refractivity (Wildman–Crippen MR) is 95.5 cm³/mol. The van der Waals surface area contributed by atoms with Gasteiger partial charge < -0.3 is 15.2 Å². The largest absolute Gasteiger partial charge is 0.488 e. The summed E-state index contributed by atoms with van der Waals surface area (Å²) in [4.78, 5) is 12.0. The van der Waals surface area contributed by atoms with E-state index < -0.39 is 0 Å². The maximum atomic E-state index is 12.0. The Morgan fingerprint density at radius 1 is 1.32 bits per heavy atom. The average molecular weight is 343 g/mol. The van der Waals surface area contributed by atoms with Gasteiger partial charge >= 0.3 is 0 Å². The quantitative estimate of drug-likeness (QED) is 0.845. The van der Waals surface area contributed by atoms with Gasteiger partial charge in [0.2, 0.25) is 5.91 Å². The monoisotopic (exact) mass is 343 g/mol. The van der Waals surface area contributed by atoms with Crippen molar-refractivity contribution in [1.29, 1.82) is 0 Å². The van der Waals surface area contributed by atoms with Crippen molar-refractivity contribution in [3.8, 4) is 5.75 Å². The lowest BCUT2D eigenvalue weighted by Gasteiger charge is -2.28. The molecule has 1 amide bonds. The molecule has 1 aromatic heterocycles. The molecule has 2 aromatic rings. The summed E-state index contributed by atoms with van der Waals surface area (Å²) in [5.74, 6) is 0.667. The summed E-state index contributed by atoms with van der Waals surface area (Å²) in [6.07, 6.45) is 7.37. The number of amides is 1. The van der Waals surface area contributed by atoms with Gasteiger partial charge in [-0.05, 0) is 56.0 Å². The summed E-state index contributed by atoms with van der Waals surface area (Å²) in [5.41, 5.74) is 1.82. The molecule has 2 atom stereocenters. The van der Waals surface area contributed by atoms with Gasteiger partial charge in [0.25, 0.3) is 0 Å². The van der Waals surface area contributed by atoms with Crippen LogP contribution in [0.5, 0.6) is 5.75 Å². The van der Waals surface area contributed by atoms with Gasteiger partial charge in [-0.3, -0.25) is 9.48 Å². The highest BCUT2D eigenvalue weighted by molar-refractivity contribution is 5.90. The van der Waals surface area contributed by atoms with Gasteiger partial charge in [-0.2, -0.15) is 5.10 Å². The minimum absolute atomic E-state index is 0.0514. The third kappa shape index (κ3) is 5.06. The van der Waals surface area contributed by atoms with Gasteiger partial charge in [0.15, 0.2) is 0 Å². The van der Waals surface area contributed by atoms with Crippen LogP contribution in [-0.2, 0) is 11.3 Å². The Morgan fingerprint density at radius 3 is 2.76 bits per heavy atom. The maximum absolute atomic E-state index is 12.0. The standard InChI is InChI=1S/C19H25N3O3/c1-14-12-20-22(13-14)11-10-19(24)21-15-6-8-16(9-7-15)25-18-5-3-2-4-17(18)23/h6-9,12-13,17-18,23H,2-5,10-11H2,1H3,(H,21,24)/t17-,18+/m0/s1. The summed E-state index contributed by atoms with van der Waals surface area (Å²) < 4.78 is 7.63. The highest BCUT2D eigenvalue weighted by Gasteiger charge is 2.24. The van der Waals surface area contributed by atoms with Crippen LogP contribution >= 0.6 is 0 Å². The second-order valence-electron chi connectivity index (χ2n) is 6.61. The molecule has 0 bridgehead atoms. The minimum Gasteiger partial charge on any atom is -0.488 e. The van der Waals surface area contributed by atoms with Crippen molar-refractivity contribution < 1.29 is 14.6 Å². The Morgan fingerprint density at radius 2 is 2.08 bits per heavy atom. The van der Waals surface area contributed by atoms with Crippen LogP contribution in [0.25, 0.3) is 0 Å². The lowest BCUT2D eigenvalue weighted by atomic mass is 9.95. The van der Waals surface area contributed by atoms with E-state index in [1.165, 1.54) is 0 Å². The molecule has 25 heavy (non-hydrogen) atoms. The lowest BCUT2D eigenvalue weighted by molar-refractivity contribution is -0.116. The second kappa shape index (κ2) is 8.16. The number of aliphatic hydroxyl groups is 1. The molecule has 0 spiro atoms. The van der Waals surface area contributed by atoms with E-state index >= 15 is 0 Å². The zero-order valence-electron chi connectivity index (χ0n) is 14.5. The molecule has 1 saturated carbocycles. The fourth-order valence-corrected chi connectivity index (χ4v) is 3.04. The molecular formula is C19H25N3O3. The fraction of sp³-hybridized carbons (Fsp3) is 0.474. The van der Waals surface area contributed by atoms with Gasteiger partial charge in [0.05, 0.1) is 12.3 Å². The summed E-state index contributed by atoms with van der Waals surface area (Å²) in [5, 5.41) is 17.0. The van der Waals surface area contributed by atoms with Gasteiger partial charge in [-0.15, -0.1) is 0 Å². The number of aliphatic hydroxyl groups excluding tert-OH is 1. The number of hydrogen-bond acceptors (Lipinski definition) is 4. The average Bonchev–Trinajstić information content (AvgIpc) is 3.02. The van der Waals surface area contributed by atoms with E-state index in [0.717, 1.165) is 42.7 Å². The van der Waals surface area contributed by atoms with Gasteiger partial charge in [0.1, 0.15) is 11.9 Å². The first-order chi connectivity index (χ1) is 12.1. The molecule has 0 radical (unpaired) electrons. The Bertz CT molecular complexity index is 696. The van der Waals surface area contributed by atoms with Gasteiger partial charge in [0, 0.05) is 24.8 Å².